The van der Waals surface area contributed by atoms with Crippen molar-refractivity contribution in [1.82, 2.24) is 5.32 Å². The lowest BCUT2D eigenvalue weighted by Crippen LogP contribution is -2.39. The molecule has 1 aromatic rings. The third-order valence-electron chi connectivity index (χ3n) is 4.10. The minimum Gasteiger partial charge on any atom is -0.441 e. The summed E-state index contributed by atoms with van der Waals surface area (Å²) in [6.45, 7) is 0.445. The van der Waals surface area contributed by atoms with Crippen LogP contribution in [0.2, 0.25) is 0 Å². The third-order valence-corrected chi connectivity index (χ3v) is 4.10. The van der Waals surface area contributed by atoms with Crippen molar-refractivity contribution in [3.05, 3.63) is 35.9 Å². The molecule has 0 radical (unpaired) electrons. The number of nitrogens with one attached hydrogen (secondary N) is 1. The lowest BCUT2D eigenvalue weighted by Gasteiger charge is -2.32. The lowest BCUT2D eigenvalue weighted by molar-refractivity contribution is -0.170. The highest BCUT2D eigenvalue weighted by Crippen LogP contribution is 2.32. The van der Waals surface area contributed by atoms with Gasteiger partial charge in [-0.3, -0.25) is 0 Å². The number of hydrogen-bond donors (Lipinski definition) is 1. The SMILES string of the molecule is COC(OC)C(CC1CCC1)OC(=O)NCc1ccccc1. The molecule has 0 spiro atoms. The molecule has 1 N–H and O–H groups in total. The first kappa shape index (κ1) is 16.8. The molecule has 1 fully saturated rings. The van der Waals surface area contributed by atoms with E-state index in [-0.39, 0.29) is 6.10 Å². The van der Waals surface area contributed by atoms with E-state index >= 15 is 0 Å². The maximum atomic E-state index is 12.0. The first-order valence-electron chi connectivity index (χ1n) is 7.77. The van der Waals surface area contributed by atoms with E-state index in [1.165, 1.54) is 19.3 Å². The number of methoxy groups -OCH3 is 2. The average Bonchev–Trinajstić information content (AvgIpc) is 2.50. The summed E-state index contributed by atoms with van der Waals surface area (Å²) in [6, 6.07) is 9.73. The monoisotopic (exact) mass is 307 g/mol. The molecule has 5 heteroatoms. The molecule has 5 nitrogen and oxygen atoms in total. The third kappa shape index (κ3) is 5.00. The maximum Gasteiger partial charge on any atom is 0.407 e. The van der Waals surface area contributed by atoms with Gasteiger partial charge in [-0.05, 0) is 17.9 Å². The number of rotatable bonds is 8. The average molecular weight is 307 g/mol. The quantitative estimate of drug-likeness (QED) is 0.750. The van der Waals surface area contributed by atoms with Gasteiger partial charge in [0.2, 0.25) is 0 Å². The summed E-state index contributed by atoms with van der Waals surface area (Å²) in [5.41, 5.74) is 1.03. The molecule has 1 saturated carbocycles. The molecule has 1 atom stereocenters. The fourth-order valence-electron chi connectivity index (χ4n) is 2.62. The highest BCUT2D eigenvalue weighted by atomic mass is 16.7. The normalized spacial score (nSPS) is 16.1. The molecule has 1 unspecified atom stereocenters. The van der Waals surface area contributed by atoms with Gasteiger partial charge in [0.05, 0.1) is 0 Å². The standard InChI is InChI=1S/C17H25NO4/c1-20-16(21-2)15(11-13-9-6-10-13)22-17(19)18-12-14-7-4-3-5-8-14/h3-5,7-8,13,15-16H,6,9-12H2,1-2H3,(H,18,19). The molecule has 0 bridgehead atoms. The van der Waals surface area contributed by atoms with Crippen LogP contribution in [0.3, 0.4) is 0 Å². The van der Waals surface area contributed by atoms with E-state index in [1.54, 1.807) is 14.2 Å². The topological polar surface area (TPSA) is 56.8 Å². The van der Waals surface area contributed by atoms with E-state index in [1.807, 2.05) is 30.3 Å². The molecule has 0 heterocycles. The van der Waals surface area contributed by atoms with Crippen molar-refractivity contribution < 1.29 is 19.0 Å². The predicted molar refractivity (Wildman–Crippen MR) is 83.3 cm³/mol. The van der Waals surface area contributed by atoms with Crippen LogP contribution in [0.4, 0.5) is 4.79 Å². The molecule has 1 aromatic carbocycles. The molecule has 0 aliphatic heterocycles. The molecule has 0 aromatic heterocycles. The Bertz CT molecular complexity index is 443. The number of benzene rings is 1. The van der Waals surface area contributed by atoms with Gasteiger partial charge >= 0.3 is 6.09 Å². The summed E-state index contributed by atoms with van der Waals surface area (Å²) >= 11 is 0. The van der Waals surface area contributed by atoms with Gasteiger partial charge in [-0.15, -0.1) is 0 Å². The first-order chi connectivity index (χ1) is 10.7. The highest BCUT2D eigenvalue weighted by molar-refractivity contribution is 5.67. The number of hydrogen-bond acceptors (Lipinski definition) is 4. The van der Waals surface area contributed by atoms with Crippen LogP contribution in [0, 0.1) is 5.92 Å². The molecular weight excluding hydrogens is 282 g/mol. The molecule has 122 valence electrons. The van der Waals surface area contributed by atoms with Crippen LogP contribution in [0.15, 0.2) is 30.3 Å². The van der Waals surface area contributed by atoms with Gasteiger partial charge in [0.1, 0.15) is 0 Å². The van der Waals surface area contributed by atoms with E-state index < -0.39 is 12.4 Å². The van der Waals surface area contributed by atoms with E-state index in [0.29, 0.717) is 12.5 Å². The van der Waals surface area contributed by atoms with Crippen LogP contribution in [-0.2, 0) is 20.8 Å². The molecular formula is C17H25NO4. The Morgan fingerprint density at radius 2 is 1.91 bits per heavy atom. The Labute approximate surface area is 131 Å². The highest BCUT2D eigenvalue weighted by Gasteiger charge is 2.30. The molecule has 1 amide bonds. The molecule has 1 aliphatic rings. The number of carbonyl (C=O) groups is 1. The van der Waals surface area contributed by atoms with Crippen molar-refractivity contribution in [2.24, 2.45) is 5.92 Å². The Morgan fingerprint density at radius 1 is 1.23 bits per heavy atom. The van der Waals surface area contributed by atoms with Crippen molar-refractivity contribution >= 4 is 6.09 Å². The Morgan fingerprint density at radius 3 is 2.45 bits per heavy atom. The minimum absolute atomic E-state index is 0.379. The van der Waals surface area contributed by atoms with Gasteiger partial charge in [-0.2, -0.15) is 0 Å². The van der Waals surface area contributed by atoms with E-state index in [4.69, 9.17) is 14.2 Å². The van der Waals surface area contributed by atoms with Crippen LogP contribution >= 0.6 is 0 Å². The first-order valence-corrected chi connectivity index (χ1v) is 7.77. The zero-order valence-electron chi connectivity index (χ0n) is 13.3. The smallest absolute Gasteiger partial charge is 0.407 e. The van der Waals surface area contributed by atoms with E-state index in [0.717, 1.165) is 12.0 Å². The fourth-order valence-corrected chi connectivity index (χ4v) is 2.62. The van der Waals surface area contributed by atoms with Crippen LogP contribution in [0.5, 0.6) is 0 Å². The second-order valence-electron chi connectivity index (χ2n) is 5.66. The lowest BCUT2D eigenvalue weighted by atomic mass is 9.81. The number of amides is 1. The summed E-state index contributed by atoms with van der Waals surface area (Å²) in [7, 11) is 3.13. The van der Waals surface area contributed by atoms with Crippen LogP contribution in [-0.4, -0.2) is 32.7 Å². The fraction of sp³-hybridized carbons (Fsp3) is 0.588. The summed E-state index contributed by atoms with van der Waals surface area (Å²) < 4.78 is 16.1. The van der Waals surface area contributed by atoms with Crippen LogP contribution < -0.4 is 5.32 Å². The van der Waals surface area contributed by atoms with Gasteiger partial charge in [0, 0.05) is 20.8 Å². The van der Waals surface area contributed by atoms with Crippen molar-refractivity contribution in [1.29, 1.82) is 0 Å². The Hall–Kier alpha value is -1.59. The van der Waals surface area contributed by atoms with Gasteiger partial charge in [-0.25, -0.2) is 4.79 Å². The predicted octanol–water partition coefficient (Wildman–Crippen LogP) is 3.09. The summed E-state index contributed by atoms with van der Waals surface area (Å²) in [5, 5.41) is 2.77. The Balaban J connectivity index is 1.83. The van der Waals surface area contributed by atoms with Crippen molar-refractivity contribution in [3.8, 4) is 0 Å². The van der Waals surface area contributed by atoms with Crippen LogP contribution in [0.25, 0.3) is 0 Å². The van der Waals surface area contributed by atoms with Gasteiger partial charge in [0.25, 0.3) is 0 Å². The van der Waals surface area contributed by atoms with Gasteiger partial charge in [0.15, 0.2) is 12.4 Å². The second kappa shape index (κ2) is 8.76. The summed E-state index contributed by atoms with van der Waals surface area (Å²) in [5.74, 6) is 0.597. The number of carbonyl (C=O) groups excluding carboxylic acids is 1. The zero-order valence-corrected chi connectivity index (χ0v) is 13.3. The van der Waals surface area contributed by atoms with Crippen LogP contribution in [0.1, 0.15) is 31.2 Å². The zero-order chi connectivity index (χ0) is 15.8. The largest absolute Gasteiger partial charge is 0.441 e. The second-order valence-corrected chi connectivity index (χ2v) is 5.66. The molecule has 22 heavy (non-hydrogen) atoms. The van der Waals surface area contributed by atoms with Crippen molar-refractivity contribution in [3.63, 3.8) is 0 Å². The van der Waals surface area contributed by atoms with Crippen molar-refractivity contribution in [2.75, 3.05) is 14.2 Å². The van der Waals surface area contributed by atoms with E-state index in [2.05, 4.69) is 5.32 Å². The summed E-state index contributed by atoms with van der Waals surface area (Å²) in [6.07, 6.45) is 3.07. The van der Waals surface area contributed by atoms with Crippen molar-refractivity contribution in [2.45, 2.75) is 44.6 Å². The summed E-state index contributed by atoms with van der Waals surface area (Å²) in [4.78, 5) is 12.0. The number of ether oxygens (including phenoxy) is 3. The van der Waals surface area contributed by atoms with Gasteiger partial charge in [-0.1, -0.05) is 49.6 Å². The molecule has 0 saturated heterocycles. The number of alkyl carbamates (subject to hydrolysis) is 1. The maximum absolute atomic E-state index is 12.0. The van der Waals surface area contributed by atoms with Gasteiger partial charge < -0.3 is 19.5 Å². The molecule has 2 rings (SSSR count). The molecule has 1 aliphatic carbocycles. The Kier molecular flexibility index (Phi) is 6.68. The minimum atomic E-state index is -0.525. The van der Waals surface area contributed by atoms with E-state index in [9.17, 15) is 4.79 Å².